The average molecular weight is 165 g/mol. The standard InChI is InChI=1S/C10H15NO/c1-3-4-9(2)12-10-5-7-11-8-6-10/h5-9H,3-4H2,1-2H3. The highest BCUT2D eigenvalue weighted by molar-refractivity contribution is 5.16. The zero-order chi connectivity index (χ0) is 8.81. The number of pyridine rings is 1. The molecule has 1 heterocycles. The van der Waals surface area contributed by atoms with Crippen molar-refractivity contribution in [2.75, 3.05) is 0 Å². The molecule has 0 fully saturated rings. The van der Waals surface area contributed by atoms with Crippen LogP contribution >= 0.6 is 0 Å². The fraction of sp³-hybridized carbons (Fsp3) is 0.500. The van der Waals surface area contributed by atoms with Gasteiger partial charge in [0, 0.05) is 12.4 Å². The largest absolute Gasteiger partial charge is 0.491 e. The molecule has 1 atom stereocenters. The molecule has 1 aromatic heterocycles. The summed E-state index contributed by atoms with van der Waals surface area (Å²) in [6, 6.07) is 3.76. The van der Waals surface area contributed by atoms with Crippen LogP contribution in [0, 0.1) is 0 Å². The SMILES string of the molecule is CCCC(C)Oc1ccncc1. The lowest BCUT2D eigenvalue weighted by molar-refractivity contribution is 0.210. The maximum absolute atomic E-state index is 5.61. The van der Waals surface area contributed by atoms with Crippen molar-refractivity contribution in [3.8, 4) is 5.75 Å². The van der Waals surface area contributed by atoms with Gasteiger partial charge in [0.1, 0.15) is 5.75 Å². The van der Waals surface area contributed by atoms with Gasteiger partial charge in [-0.25, -0.2) is 0 Å². The summed E-state index contributed by atoms with van der Waals surface area (Å²) in [4.78, 5) is 3.92. The summed E-state index contributed by atoms with van der Waals surface area (Å²) in [5.74, 6) is 0.908. The van der Waals surface area contributed by atoms with Gasteiger partial charge in [-0.05, 0) is 25.5 Å². The number of rotatable bonds is 4. The van der Waals surface area contributed by atoms with Crippen LogP contribution in [0.1, 0.15) is 26.7 Å². The monoisotopic (exact) mass is 165 g/mol. The van der Waals surface area contributed by atoms with Gasteiger partial charge in [-0.1, -0.05) is 13.3 Å². The topological polar surface area (TPSA) is 22.1 Å². The van der Waals surface area contributed by atoms with E-state index in [0.717, 1.165) is 18.6 Å². The zero-order valence-corrected chi connectivity index (χ0v) is 7.66. The molecule has 1 aromatic rings. The van der Waals surface area contributed by atoms with E-state index in [2.05, 4.69) is 18.8 Å². The van der Waals surface area contributed by atoms with Crippen LogP contribution in [0.2, 0.25) is 0 Å². The third-order valence-corrected chi connectivity index (χ3v) is 1.68. The van der Waals surface area contributed by atoms with Crippen LogP contribution in [0.4, 0.5) is 0 Å². The lowest BCUT2D eigenvalue weighted by Gasteiger charge is -2.12. The van der Waals surface area contributed by atoms with Crippen LogP contribution in [-0.4, -0.2) is 11.1 Å². The molecule has 0 bridgehead atoms. The van der Waals surface area contributed by atoms with E-state index in [1.54, 1.807) is 12.4 Å². The highest BCUT2D eigenvalue weighted by Gasteiger charge is 2.00. The smallest absolute Gasteiger partial charge is 0.122 e. The van der Waals surface area contributed by atoms with Gasteiger partial charge < -0.3 is 4.74 Å². The number of nitrogens with zero attached hydrogens (tertiary/aromatic N) is 1. The summed E-state index contributed by atoms with van der Waals surface area (Å²) in [6.45, 7) is 4.25. The first-order chi connectivity index (χ1) is 5.83. The second kappa shape index (κ2) is 4.75. The molecule has 1 rings (SSSR count). The molecule has 66 valence electrons. The van der Waals surface area contributed by atoms with Crippen molar-refractivity contribution in [1.82, 2.24) is 4.98 Å². The van der Waals surface area contributed by atoms with Gasteiger partial charge in [0.05, 0.1) is 6.10 Å². The minimum atomic E-state index is 0.303. The third-order valence-electron chi connectivity index (χ3n) is 1.68. The molecule has 0 aliphatic heterocycles. The Kier molecular flexibility index (Phi) is 3.58. The molecule has 0 saturated heterocycles. The van der Waals surface area contributed by atoms with Crippen molar-refractivity contribution < 1.29 is 4.74 Å². The Bertz CT molecular complexity index is 210. The molecular weight excluding hydrogens is 150 g/mol. The molecule has 1 unspecified atom stereocenters. The van der Waals surface area contributed by atoms with Crippen LogP contribution in [-0.2, 0) is 0 Å². The Morgan fingerprint density at radius 1 is 1.42 bits per heavy atom. The molecule has 0 aliphatic rings. The molecule has 2 heteroatoms. The summed E-state index contributed by atoms with van der Waals surface area (Å²) in [5, 5.41) is 0. The van der Waals surface area contributed by atoms with Crippen molar-refractivity contribution in [3.05, 3.63) is 24.5 Å². The molecular formula is C10H15NO. The van der Waals surface area contributed by atoms with Gasteiger partial charge >= 0.3 is 0 Å². The van der Waals surface area contributed by atoms with Crippen LogP contribution in [0.25, 0.3) is 0 Å². The molecule has 0 spiro atoms. The van der Waals surface area contributed by atoms with Crippen LogP contribution in [0.15, 0.2) is 24.5 Å². The molecule has 0 aromatic carbocycles. The normalized spacial score (nSPS) is 12.5. The lowest BCUT2D eigenvalue weighted by Crippen LogP contribution is -2.10. The molecule has 2 nitrogen and oxygen atoms in total. The number of hydrogen-bond donors (Lipinski definition) is 0. The number of hydrogen-bond acceptors (Lipinski definition) is 2. The lowest BCUT2D eigenvalue weighted by atomic mass is 10.2. The van der Waals surface area contributed by atoms with E-state index >= 15 is 0 Å². The Morgan fingerprint density at radius 3 is 2.67 bits per heavy atom. The summed E-state index contributed by atoms with van der Waals surface area (Å²) >= 11 is 0. The van der Waals surface area contributed by atoms with Gasteiger partial charge in [0.25, 0.3) is 0 Å². The van der Waals surface area contributed by atoms with Gasteiger partial charge in [0.2, 0.25) is 0 Å². The van der Waals surface area contributed by atoms with E-state index < -0.39 is 0 Å². The predicted molar refractivity (Wildman–Crippen MR) is 49.2 cm³/mol. The zero-order valence-electron chi connectivity index (χ0n) is 7.66. The summed E-state index contributed by atoms with van der Waals surface area (Å²) in [7, 11) is 0. The van der Waals surface area contributed by atoms with Gasteiger partial charge in [-0.2, -0.15) is 0 Å². The van der Waals surface area contributed by atoms with Crippen molar-refractivity contribution in [2.24, 2.45) is 0 Å². The third kappa shape index (κ3) is 2.91. The van der Waals surface area contributed by atoms with Gasteiger partial charge in [-0.3, -0.25) is 4.98 Å². The van der Waals surface area contributed by atoms with Gasteiger partial charge in [-0.15, -0.1) is 0 Å². The number of ether oxygens (including phenoxy) is 1. The first kappa shape index (κ1) is 9.04. The molecule has 0 radical (unpaired) electrons. The van der Waals surface area contributed by atoms with Crippen molar-refractivity contribution in [3.63, 3.8) is 0 Å². The molecule has 12 heavy (non-hydrogen) atoms. The quantitative estimate of drug-likeness (QED) is 0.684. The Balaban J connectivity index is 2.41. The van der Waals surface area contributed by atoms with E-state index in [1.807, 2.05) is 12.1 Å². The maximum atomic E-state index is 5.61. The summed E-state index contributed by atoms with van der Waals surface area (Å²) < 4.78 is 5.61. The maximum Gasteiger partial charge on any atom is 0.122 e. The fourth-order valence-electron chi connectivity index (χ4n) is 1.11. The van der Waals surface area contributed by atoms with E-state index in [4.69, 9.17) is 4.74 Å². The highest BCUT2D eigenvalue weighted by Crippen LogP contribution is 2.11. The van der Waals surface area contributed by atoms with E-state index in [-0.39, 0.29) is 0 Å². The summed E-state index contributed by atoms with van der Waals surface area (Å²) in [6.07, 6.45) is 6.05. The average Bonchev–Trinajstić information content (AvgIpc) is 2.06. The molecule has 0 N–H and O–H groups in total. The second-order valence-corrected chi connectivity index (χ2v) is 2.90. The first-order valence-electron chi connectivity index (χ1n) is 4.39. The predicted octanol–water partition coefficient (Wildman–Crippen LogP) is 2.65. The highest BCUT2D eigenvalue weighted by atomic mass is 16.5. The minimum Gasteiger partial charge on any atom is -0.491 e. The first-order valence-corrected chi connectivity index (χ1v) is 4.39. The van der Waals surface area contributed by atoms with Crippen LogP contribution in [0.3, 0.4) is 0 Å². The van der Waals surface area contributed by atoms with Crippen LogP contribution in [0.5, 0.6) is 5.75 Å². The molecule has 0 amide bonds. The Hall–Kier alpha value is -1.05. The van der Waals surface area contributed by atoms with E-state index in [1.165, 1.54) is 0 Å². The molecule has 0 aliphatic carbocycles. The summed E-state index contributed by atoms with van der Waals surface area (Å²) in [5.41, 5.74) is 0. The van der Waals surface area contributed by atoms with Crippen molar-refractivity contribution >= 4 is 0 Å². The fourth-order valence-corrected chi connectivity index (χ4v) is 1.11. The van der Waals surface area contributed by atoms with Crippen LogP contribution < -0.4 is 4.74 Å². The Morgan fingerprint density at radius 2 is 2.08 bits per heavy atom. The van der Waals surface area contributed by atoms with Gasteiger partial charge in [0.15, 0.2) is 0 Å². The second-order valence-electron chi connectivity index (χ2n) is 2.90. The van der Waals surface area contributed by atoms with Crippen molar-refractivity contribution in [1.29, 1.82) is 0 Å². The van der Waals surface area contributed by atoms with E-state index in [9.17, 15) is 0 Å². The van der Waals surface area contributed by atoms with Crippen molar-refractivity contribution in [2.45, 2.75) is 32.8 Å². The molecule has 0 saturated carbocycles. The Labute approximate surface area is 73.6 Å². The minimum absolute atomic E-state index is 0.303. The number of aromatic nitrogens is 1. The van der Waals surface area contributed by atoms with E-state index in [0.29, 0.717) is 6.10 Å².